The minimum Gasteiger partial charge on any atom is -0.371 e. The minimum absolute atomic E-state index is 0.117. The zero-order valence-electron chi connectivity index (χ0n) is 18.7. The van der Waals surface area contributed by atoms with Gasteiger partial charge in [0.05, 0.1) is 12.2 Å². The number of alkyl halides is 2. The molecule has 0 saturated carbocycles. The van der Waals surface area contributed by atoms with Crippen molar-refractivity contribution in [1.82, 2.24) is 14.7 Å². The number of carbonyl (C=O) groups excluding carboxylic acids is 2. The Hall–Kier alpha value is -2.97. The van der Waals surface area contributed by atoms with Crippen LogP contribution in [0.25, 0.3) is 0 Å². The molecule has 2 amide bonds. The van der Waals surface area contributed by atoms with Crippen molar-refractivity contribution in [2.45, 2.75) is 53.1 Å². The van der Waals surface area contributed by atoms with E-state index in [1.165, 1.54) is 22.8 Å². The second-order valence-electron chi connectivity index (χ2n) is 7.96. The summed E-state index contributed by atoms with van der Waals surface area (Å²) in [6.07, 6.45) is -0.511. The number of rotatable bonds is 10. The molecular formula is C22H31F2N5O2. The van der Waals surface area contributed by atoms with Gasteiger partial charge in [-0.2, -0.15) is 5.10 Å². The Labute approximate surface area is 181 Å². The first-order valence-corrected chi connectivity index (χ1v) is 10.4. The van der Waals surface area contributed by atoms with Crippen molar-refractivity contribution < 1.29 is 18.4 Å². The van der Waals surface area contributed by atoms with Crippen LogP contribution in [0, 0.1) is 5.92 Å². The Balaban J connectivity index is 2.01. The number of para-hydroxylation sites is 1. The van der Waals surface area contributed by atoms with E-state index in [4.69, 9.17) is 0 Å². The van der Waals surface area contributed by atoms with E-state index < -0.39 is 24.1 Å². The molecule has 9 heteroatoms. The van der Waals surface area contributed by atoms with Crippen molar-refractivity contribution in [3.63, 3.8) is 0 Å². The van der Waals surface area contributed by atoms with Gasteiger partial charge in [-0.25, -0.2) is 8.78 Å². The average molecular weight is 436 g/mol. The highest BCUT2D eigenvalue weighted by molar-refractivity contribution is 5.96. The van der Waals surface area contributed by atoms with E-state index in [1.807, 2.05) is 45.0 Å². The molecule has 170 valence electrons. The molecule has 31 heavy (non-hydrogen) atoms. The number of benzene rings is 1. The Morgan fingerprint density at radius 2 is 1.84 bits per heavy atom. The lowest BCUT2D eigenvalue weighted by Crippen LogP contribution is -2.42. The molecule has 0 saturated heterocycles. The summed E-state index contributed by atoms with van der Waals surface area (Å²) in [6, 6.07) is 6.65. The molecule has 0 radical (unpaired) electrons. The normalized spacial score (nSPS) is 12.2. The second-order valence-corrected chi connectivity index (χ2v) is 7.96. The van der Waals surface area contributed by atoms with Gasteiger partial charge in [0.15, 0.2) is 5.69 Å². The van der Waals surface area contributed by atoms with Crippen LogP contribution in [0.3, 0.4) is 0 Å². The van der Waals surface area contributed by atoms with E-state index in [2.05, 4.69) is 15.7 Å². The molecule has 0 bridgehead atoms. The molecule has 0 aliphatic rings. The van der Waals surface area contributed by atoms with Crippen LogP contribution in [-0.2, 0) is 22.6 Å². The summed E-state index contributed by atoms with van der Waals surface area (Å²) >= 11 is 0. The molecular weight excluding hydrogens is 404 g/mol. The third-order valence-electron chi connectivity index (χ3n) is 4.72. The minimum atomic E-state index is -2.76. The highest BCUT2D eigenvalue weighted by Crippen LogP contribution is 2.26. The predicted molar refractivity (Wildman–Crippen MR) is 117 cm³/mol. The fourth-order valence-electron chi connectivity index (χ4n) is 3.24. The Bertz CT molecular complexity index is 898. The molecule has 0 fully saturated rings. The second kappa shape index (κ2) is 10.9. The van der Waals surface area contributed by atoms with Crippen molar-refractivity contribution in [1.29, 1.82) is 0 Å². The maximum absolute atomic E-state index is 13.4. The number of halogens is 2. The van der Waals surface area contributed by atoms with Crippen LogP contribution in [0.2, 0.25) is 0 Å². The van der Waals surface area contributed by atoms with E-state index in [-0.39, 0.29) is 24.1 Å². The zero-order valence-corrected chi connectivity index (χ0v) is 18.7. The average Bonchev–Trinajstić information content (AvgIpc) is 3.09. The van der Waals surface area contributed by atoms with Gasteiger partial charge in [0.2, 0.25) is 11.8 Å². The number of carbonyl (C=O) groups is 2. The first-order valence-electron chi connectivity index (χ1n) is 10.4. The smallest absolute Gasteiger partial charge is 0.284 e. The fraction of sp³-hybridized carbons (Fsp3) is 0.500. The van der Waals surface area contributed by atoms with E-state index >= 15 is 0 Å². The van der Waals surface area contributed by atoms with Gasteiger partial charge in [-0.1, -0.05) is 39.0 Å². The molecule has 1 atom stereocenters. The largest absolute Gasteiger partial charge is 0.371 e. The van der Waals surface area contributed by atoms with Crippen LogP contribution in [-0.4, -0.2) is 46.1 Å². The standard InChI is InChI=1S/C22H31F2N5O2/c1-6-16-9-7-8-10-17(16)26-19(30)13-28(5)22(31)15(4)25-18-12-29(11-14(2)3)27-20(18)21(23)24/h7-10,12,14-15,21,25H,6,11,13H2,1-5H3,(H,26,30)/t15-/m1/s1. The number of aromatic nitrogens is 2. The maximum atomic E-state index is 13.4. The molecule has 2 rings (SSSR count). The van der Waals surface area contributed by atoms with Gasteiger partial charge in [-0.3, -0.25) is 14.3 Å². The van der Waals surface area contributed by atoms with Gasteiger partial charge >= 0.3 is 0 Å². The first-order chi connectivity index (χ1) is 14.6. The molecule has 1 aromatic heterocycles. The Morgan fingerprint density at radius 3 is 2.45 bits per heavy atom. The highest BCUT2D eigenvalue weighted by Gasteiger charge is 2.24. The van der Waals surface area contributed by atoms with Crippen molar-refractivity contribution in [3.05, 3.63) is 41.7 Å². The molecule has 2 aromatic rings. The summed E-state index contributed by atoms with van der Waals surface area (Å²) in [5.41, 5.74) is 1.43. The summed E-state index contributed by atoms with van der Waals surface area (Å²) in [5, 5.41) is 9.57. The van der Waals surface area contributed by atoms with Crippen molar-refractivity contribution >= 4 is 23.2 Å². The highest BCUT2D eigenvalue weighted by atomic mass is 19.3. The van der Waals surface area contributed by atoms with Crippen molar-refractivity contribution in [3.8, 4) is 0 Å². The van der Waals surface area contributed by atoms with Crippen molar-refractivity contribution in [2.24, 2.45) is 5.92 Å². The third-order valence-corrected chi connectivity index (χ3v) is 4.72. The van der Waals surface area contributed by atoms with E-state index in [9.17, 15) is 18.4 Å². The number of likely N-dealkylation sites (N-methyl/N-ethyl adjacent to an activating group) is 1. The fourth-order valence-corrected chi connectivity index (χ4v) is 3.24. The van der Waals surface area contributed by atoms with Gasteiger partial charge in [0.1, 0.15) is 6.04 Å². The number of nitrogens with one attached hydrogen (secondary N) is 2. The summed E-state index contributed by atoms with van der Waals surface area (Å²) in [5.74, 6) is -0.488. The molecule has 1 heterocycles. The first kappa shape index (κ1) is 24.3. The van der Waals surface area contributed by atoms with Crippen LogP contribution in [0.4, 0.5) is 20.2 Å². The zero-order chi connectivity index (χ0) is 23.1. The lowest BCUT2D eigenvalue weighted by atomic mass is 10.1. The van der Waals surface area contributed by atoms with Crippen LogP contribution in [0.1, 0.15) is 45.4 Å². The monoisotopic (exact) mass is 435 g/mol. The van der Waals surface area contributed by atoms with Gasteiger partial charge in [-0.05, 0) is 30.9 Å². The van der Waals surface area contributed by atoms with Gasteiger partial charge in [-0.15, -0.1) is 0 Å². The van der Waals surface area contributed by atoms with Crippen LogP contribution < -0.4 is 10.6 Å². The summed E-state index contributed by atoms with van der Waals surface area (Å²) in [4.78, 5) is 26.3. The third kappa shape index (κ3) is 6.77. The number of anilines is 2. The lowest BCUT2D eigenvalue weighted by molar-refractivity contribution is -0.133. The molecule has 7 nitrogen and oxygen atoms in total. The quantitative estimate of drug-likeness (QED) is 0.593. The molecule has 1 aromatic carbocycles. The number of hydrogen-bond donors (Lipinski definition) is 2. The van der Waals surface area contributed by atoms with Gasteiger partial charge < -0.3 is 15.5 Å². The number of hydrogen-bond acceptors (Lipinski definition) is 4. The topological polar surface area (TPSA) is 79.3 Å². The molecule has 0 aliphatic heterocycles. The van der Waals surface area contributed by atoms with E-state index in [0.29, 0.717) is 12.2 Å². The predicted octanol–water partition coefficient (Wildman–Crippen LogP) is 3.94. The lowest BCUT2D eigenvalue weighted by Gasteiger charge is -2.22. The summed E-state index contributed by atoms with van der Waals surface area (Å²) < 4.78 is 28.2. The maximum Gasteiger partial charge on any atom is 0.284 e. The van der Waals surface area contributed by atoms with E-state index in [1.54, 1.807) is 6.92 Å². The molecule has 2 N–H and O–H groups in total. The van der Waals surface area contributed by atoms with Crippen LogP contribution in [0.15, 0.2) is 30.5 Å². The Morgan fingerprint density at radius 1 is 1.16 bits per heavy atom. The molecule has 0 spiro atoms. The number of nitrogens with zero attached hydrogens (tertiary/aromatic N) is 3. The molecule has 0 unspecified atom stereocenters. The van der Waals surface area contributed by atoms with E-state index in [0.717, 1.165) is 12.0 Å². The SMILES string of the molecule is CCc1ccccc1NC(=O)CN(C)C(=O)[C@@H](C)Nc1cn(CC(C)C)nc1C(F)F. The number of aryl methyl sites for hydroxylation is 1. The Kier molecular flexibility index (Phi) is 8.53. The van der Waals surface area contributed by atoms with Crippen LogP contribution in [0.5, 0.6) is 0 Å². The summed E-state index contributed by atoms with van der Waals surface area (Å²) in [7, 11) is 1.50. The van der Waals surface area contributed by atoms with Gasteiger partial charge in [0, 0.05) is 25.5 Å². The van der Waals surface area contributed by atoms with Crippen molar-refractivity contribution in [2.75, 3.05) is 24.2 Å². The number of amides is 2. The summed E-state index contributed by atoms with van der Waals surface area (Å²) in [6.45, 7) is 7.81. The molecule has 0 aliphatic carbocycles. The van der Waals surface area contributed by atoms with Crippen LogP contribution >= 0.6 is 0 Å². The van der Waals surface area contributed by atoms with Gasteiger partial charge in [0.25, 0.3) is 6.43 Å².